The number of unbranched alkanes of at least 4 members (excludes halogenated alkanes) is 2. The van der Waals surface area contributed by atoms with Gasteiger partial charge in [-0.3, -0.25) is 0 Å². The molecule has 0 aliphatic heterocycles. The van der Waals surface area contributed by atoms with Gasteiger partial charge in [-0.05, 0) is 37.1 Å². The highest BCUT2D eigenvalue weighted by atomic mass is 32.2. The van der Waals surface area contributed by atoms with Crippen LogP contribution in [-0.2, 0) is 19.9 Å². The standard InChI is InChI=1S/C16H24F3NO4S2/c1-3-5-7-13(8-6-4-2)25(21,22)14-9-11-15(12-10-14)26(23,24)20-16(17,18)19/h9-13,20H,3-8H2,1-2H3. The molecule has 0 spiro atoms. The highest BCUT2D eigenvalue weighted by Crippen LogP contribution is 2.26. The van der Waals surface area contributed by atoms with E-state index in [0.717, 1.165) is 49.9 Å². The maximum absolute atomic E-state index is 12.8. The van der Waals surface area contributed by atoms with E-state index in [1.807, 2.05) is 13.8 Å². The number of benzene rings is 1. The fraction of sp³-hybridized carbons (Fsp3) is 0.625. The van der Waals surface area contributed by atoms with Crippen molar-refractivity contribution in [1.82, 2.24) is 4.72 Å². The number of sulfonamides is 1. The maximum atomic E-state index is 12.8. The lowest BCUT2D eigenvalue weighted by atomic mass is 10.1. The second kappa shape index (κ2) is 9.18. The van der Waals surface area contributed by atoms with Crippen LogP contribution in [0.25, 0.3) is 0 Å². The molecule has 150 valence electrons. The van der Waals surface area contributed by atoms with E-state index in [-0.39, 0.29) is 4.90 Å². The number of hydrogen-bond acceptors (Lipinski definition) is 4. The lowest BCUT2D eigenvalue weighted by Crippen LogP contribution is -2.37. The molecule has 26 heavy (non-hydrogen) atoms. The molecule has 0 aliphatic rings. The third kappa shape index (κ3) is 6.55. The predicted octanol–water partition coefficient (Wildman–Crippen LogP) is 4.01. The summed E-state index contributed by atoms with van der Waals surface area (Å²) in [5, 5.41) is -0.585. The Hall–Kier alpha value is -1.13. The number of sulfone groups is 1. The molecular weight excluding hydrogens is 391 g/mol. The molecular formula is C16H24F3NO4S2. The van der Waals surface area contributed by atoms with Gasteiger partial charge in [0.1, 0.15) is 0 Å². The number of hydrogen-bond donors (Lipinski definition) is 1. The van der Waals surface area contributed by atoms with Crippen LogP contribution in [0.4, 0.5) is 13.2 Å². The summed E-state index contributed by atoms with van der Waals surface area (Å²) < 4.78 is 86.2. The normalized spacial score (nSPS) is 13.3. The lowest BCUT2D eigenvalue weighted by Gasteiger charge is -2.17. The molecule has 0 aliphatic carbocycles. The van der Waals surface area contributed by atoms with Crippen LogP contribution in [0.15, 0.2) is 34.1 Å². The second-order valence-corrected chi connectivity index (χ2v) is 9.94. The van der Waals surface area contributed by atoms with Gasteiger partial charge in [0.05, 0.1) is 15.0 Å². The Morgan fingerprint density at radius 1 is 0.885 bits per heavy atom. The molecule has 0 unspecified atom stereocenters. The SMILES string of the molecule is CCCCC(CCCC)S(=O)(=O)c1ccc(S(=O)(=O)NC(F)(F)F)cc1. The molecule has 0 atom stereocenters. The van der Waals surface area contributed by atoms with Crippen molar-refractivity contribution in [2.24, 2.45) is 0 Å². The summed E-state index contributed by atoms with van der Waals surface area (Å²) >= 11 is 0. The monoisotopic (exact) mass is 415 g/mol. The minimum atomic E-state index is -5.10. The summed E-state index contributed by atoms with van der Waals surface area (Å²) in [7, 11) is -8.48. The second-order valence-electron chi connectivity index (χ2n) is 6.03. The van der Waals surface area contributed by atoms with E-state index < -0.39 is 36.3 Å². The maximum Gasteiger partial charge on any atom is 0.470 e. The number of nitrogens with one attached hydrogen (secondary N) is 1. The molecule has 0 saturated heterocycles. The van der Waals surface area contributed by atoms with E-state index in [4.69, 9.17) is 0 Å². The zero-order chi connectivity index (χ0) is 20.0. The van der Waals surface area contributed by atoms with Gasteiger partial charge in [0.25, 0.3) is 0 Å². The molecule has 0 fully saturated rings. The van der Waals surface area contributed by atoms with Gasteiger partial charge >= 0.3 is 6.30 Å². The zero-order valence-corrected chi connectivity index (χ0v) is 16.3. The molecule has 5 nitrogen and oxygen atoms in total. The molecule has 1 rings (SSSR count). The van der Waals surface area contributed by atoms with Crippen molar-refractivity contribution < 1.29 is 30.0 Å². The molecule has 1 aromatic carbocycles. The Bertz CT molecular complexity index is 765. The van der Waals surface area contributed by atoms with Crippen LogP contribution < -0.4 is 4.72 Å². The van der Waals surface area contributed by atoms with Crippen LogP contribution in [0.3, 0.4) is 0 Å². The van der Waals surface area contributed by atoms with Crippen molar-refractivity contribution in [3.05, 3.63) is 24.3 Å². The number of halogens is 3. The van der Waals surface area contributed by atoms with Crippen LogP contribution in [0.1, 0.15) is 52.4 Å². The van der Waals surface area contributed by atoms with Crippen molar-refractivity contribution in [1.29, 1.82) is 0 Å². The van der Waals surface area contributed by atoms with Crippen LogP contribution in [-0.4, -0.2) is 28.4 Å². The van der Waals surface area contributed by atoms with E-state index in [0.29, 0.717) is 17.6 Å². The van der Waals surface area contributed by atoms with Crippen LogP contribution >= 0.6 is 0 Å². The lowest BCUT2D eigenvalue weighted by molar-refractivity contribution is -0.138. The summed E-state index contributed by atoms with van der Waals surface area (Å²) in [5.41, 5.74) is 0. The number of rotatable bonds is 10. The Kier molecular flexibility index (Phi) is 8.09. The van der Waals surface area contributed by atoms with Gasteiger partial charge in [-0.15, -0.1) is 4.72 Å². The van der Waals surface area contributed by atoms with Gasteiger partial charge in [-0.2, -0.15) is 13.2 Å². The smallest absolute Gasteiger partial charge is 0.223 e. The van der Waals surface area contributed by atoms with Gasteiger partial charge in [-0.1, -0.05) is 39.5 Å². The molecule has 0 saturated carbocycles. The topological polar surface area (TPSA) is 80.3 Å². The summed E-state index contributed by atoms with van der Waals surface area (Å²) in [6, 6.07) is 3.84. The van der Waals surface area contributed by atoms with Gasteiger partial charge in [0.2, 0.25) is 10.0 Å². The van der Waals surface area contributed by atoms with Crippen molar-refractivity contribution in [3.63, 3.8) is 0 Å². The van der Waals surface area contributed by atoms with Crippen LogP contribution in [0, 0.1) is 0 Å². The highest BCUT2D eigenvalue weighted by molar-refractivity contribution is 7.92. The van der Waals surface area contributed by atoms with Gasteiger partial charge in [0, 0.05) is 0 Å². The first-order valence-corrected chi connectivity index (χ1v) is 11.4. The predicted molar refractivity (Wildman–Crippen MR) is 92.8 cm³/mol. The van der Waals surface area contributed by atoms with E-state index in [1.54, 1.807) is 0 Å². The molecule has 0 bridgehead atoms. The molecule has 1 aromatic rings. The summed E-state index contributed by atoms with van der Waals surface area (Å²) in [6.45, 7) is 3.91. The van der Waals surface area contributed by atoms with Crippen molar-refractivity contribution in [3.8, 4) is 0 Å². The fourth-order valence-electron chi connectivity index (χ4n) is 2.53. The molecule has 0 aromatic heterocycles. The quantitative estimate of drug-likeness (QED) is 0.586. The minimum absolute atomic E-state index is 0.0827. The van der Waals surface area contributed by atoms with Gasteiger partial charge < -0.3 is 0 Å². The summed E-state index contributed by atoms with van der Waals surface area (Å²) in [6.07, 6.45) is -0.931. The molecule has 10 heteroatoms. The van der Waals surface area contributed by atoms with Gasteiger partial charge in [0.15, 0.2) is 9.84 Å². The van der Waals surface area contributed by atoms with E-state index in [1.165, 1.54) is 0 Å². The van der Waals surface area contributed by atoms with E-state index >= 15 is 0 Å². The third-order valence-corrected chi connectivity index (χ3v) is 7.58. The van der Waals surface area contributed by atoms with Crippen LogP contribution in [0.2, 0.25) is 0 Å². The van der Waals surface area contributed by atoms with E-state index in [9.17, 15) is 30.0 Å². The Morgan fingerprint density at radius 3 is 1.69 bits per heavy atom. The Morgan fingerprint density at radius 2 is 1.31 bits per heavy atom. The number of alkyl halides is 3. The van der Waals surface area contributed by atoms with E-state index in [2.05, 4.69) is 0 Å². The van der Waals surface area contributed by atoms with Crippen LogP contribution in [0.5, 0.6) is 0 Å². The summed E-state index contributed by atoms with van der Waals surface area (Å²) in [5.74, 6) is 0. The first-order chi connectivity index (χ1) is 11.9. The Balaban J connectivity index is 3.11. The van der Waals surface area contributed by atoms with Gasteiger partial charge in [-0.25, -0.2) is 16.8 Å². The van der Waals surface area contributed by atoms with Crippen molar-refractivity contribution >= 4 is 19.9 Å². The molecule has 0 heterocycles. The van der Waals surface area contributed by atoms with Crippen molar-refractivity contribution in [2.75, 3.05) is 0 Å². The average molecular weight is 415 g/mol. The minimum Gasteiger partial charge on any atom is -0.223 e. The average Bonchev–Trinajstić information content (AvgIpc) is 2.52. The van der Waals surface area contributed by atoms with Crippen molar-refractivity contribution in [2.45, 2.75) is 73.7 Å². The molecule has 0 radical (unpaired) electrons. The summed E-state index contributed by atoms with van der Waals surface area (Å²) in [4.78, 5) is -0.729. The molecule has 0 amide bonds. The highest BCUT2D eigenvalue weighted by Gasteiger charge is 2.35. The molecule has 1 N–H and O–H groups in total. The first kappa shape index (κ1) is 22.9. The third-order valence-electron chi connectivity index (χ3n) is 3.91. The fourth-order valence-corrected chi connectivity index (χ4v) is 5.30. The zero-order valence-electron chi connectivity index (χ0n) is 14.7. The Labute approximate surface area is 153 Å². The first-order valence-electron chi connectivity index (χ1n) is 8.38. The largest absolute Gasteiger partial charge is 0.470 e.